The van der Waals surface area contributed by atoms with Gasteiger partial charge in [0.25, 0.3) is 0 Å². The molecule has 0 aromatic carbocycles. The molecule has 1 aromatic rings. The molecule has 1 aliphatic rings. The van der Waals surface area contributed by atoms with E-state index in [9.17, 15) is 0 Å². The zero-order valence-electron chi connectivity index (χ0n) is 9.15. The number of aromatic nitrogens is 1. The number of nitrogens with one attached hydrogen (secondary N) is 1. The average molecular weight is 217 g/mol. The summed E-state index contributed by atoms with van der Waals surface area (Å²) in [6.07, 6.45) is 5.26. The second kappa shape index (κ2) is 5.47. The number of pyridine rings is 1. The number of nitrogens with zero attached hydrogens (tertiary/aromatic N) is 2. The Morgan fingerprint density at radius 1 is 1.56 bits per heavy atom. The quantitative estimate of drug-likeness (QED) is 0.833. The maximum atomic E-state index is 8.87. The van der Waals surface area contributed by atoms with Crippen molar-refractivity contribution in [3.8, 4) is 11.9 Å². The maximum absolute atomic E-state index is 8.87. The van der Waals surface area contributed by atoms with Gasteiger partial charge in [0.2, 0.25) is 5.88 Å². The largest absolute Gasteiger partial charge is 0.475 e. The number of hydrogen-bond acceptors (Lipinski definition) is 4. The first-order valence-corrected chi connectivity index (χ1v) is 5.61. The van der Waals surface area contributed by atoms with Gasteiger partial charge < -0.3 is 10.1 Å². The van der Waals surface area contributed by atoms with Crippen molar-refractivity contribution in [2.24, 2.45) is 0 Å². The van der Waals surface area contributed by atoms with Crippen molar-refractivity contribution in [3.63, 3.8) is 0 Å². The number of rotatable bonds is 3. The molecule has 1 aromatic heterocycles. The third kappa shape index (κ3) is 2.71. The lowest BCUT2D eigenvalue weighted by atomic mass is 10.1. The predicted molar refractivity (Wildman–Crippen MR) is 60.1 cm³/mol. The smallest absolute Gasteiger partial charge is 0.231 e. The highest BCUT2D eigenvalue weighted by molar-refractivity contribution is 5.36. The Kier molecular flexibility index (Phi) is 3.73. The Morgan fingerprint density at radius 2 is 2.50 bits per heavy atom. The zero-order valence-corrected chi connectivity index (χ0v) is 9.15. The van der Waals surface area contributed by atoms with Crippen LogP contribution < -0.4 is 10.1 Å². The van der Waals surface area contributed by atoms with Crippen LogP contribution in [0.4, 0.5) is 0 Å². The summed E-state index contributed by atoms with van der Waals surface area (Å²) in [7, 11) is 0. The molecular weight excluding hydrogens is 202 g/mol. The molecule has 0 aliphatic carbocycles. The van der Waals surface area contributed by atoms with Gasteiger partial charge in [0.05, 0.1) is 0 Å². The van der Waals surface area contributed by atoms with E-state index in [2.05, 4.69) is 16.4 Å². The summed E-state index contributed by atoms with van der Waals surface area (Å²) in [5.74, 6) is 0.442. The molecular formula is C12H15N3O. The third-order valence-corrected chi connectivity index (χ3v) is 2.73. The Balaban J connectivity index is 1.91. The Labute approximate surface area is 95.3 Å². The second-order valence-corrected chi connectivity index (χ2v) is 3.93. The van der Waals surface area contributed by atoms with Crippen molar-refractivity contribution in [3.05, 3.63) is 23.9 Å². The number of hydrogen-bond donors (Lipinski definition) is 1. The van der Waals surface area contributed by atoms with E-state index in [-0.39, 0.29) is 0 Å². The molecule has 4 heteroatoms. The van der Waals surface area contributed by atoms with Gasteiger partial charge in [0, 0.05) is 12.2 Å². The van der Waals surface area contributed by atoms with E-state index in [4.69, 9.17) is 10.00 Å². The van der Waals surface area contributed by atoms with Gasteiger partial charge in [-0.25, -0.2) is 4.98 Å². The van der Waals surface area contributed by atoms with Crippen molar-refractivity contribution in [1.29, 1.82) is 5.26 Å². The van der Waals surface area contributed by atoms with E-state index < -0.39 is 0 Å². The molecule has 16 heavy (non-hydrogen) atoms. The summed E-state index contributed by atoms with van der Waals surface area (Å²) in [5.41, 5.74) is 0.498. The van der Waals surface area contributed by atoms with Crippen LogP contribution in [0.25, 0.3) is 0 Å². The van der Waals surface area contributed by atoms with Gasteiger partial charge in [-0.3, -0.25) is 0 Å². The van der Waals surface area contributed by atoms with Crippen LogP contribution in [0.15, 0.2) is 18.3 Å². The van der Waals surface area contributed by atoms with Crippen LogP contribution >= 0.6 is 0 Å². The van der Waals surface area contributed by atoms with Crippen molar-refractivity contribution in [2.75, 3.05) is 13.2 Å². The van der Waals surface area contributed by atoms with Crippen LogP contribution in [0.3, 0.4) is 0 Å². The van der Waals surface area contributed by atoms with Gasteiger partial charge in [0.15, 0.2) is 0 Å². The molecule has 0 spiro atoms. The SMILES string of the molecule is N#Cc1cccnc1OC[C@@H]1CCCCN1. The molecule has 1 fully saturated rings. The highest BCUT2D eigenvalue weighted by Crippen LogP contribution is 2.14. The molecule has 1 saturated heterocycles. The van der Waals surface area contributed by atoms with Crippen molar-refractivity contribution < 1.29 is 4.74 Å². The van der Waals surface area contributed by atoms with Crippen molar-refractivity contribution in [1.82, 2.24) is 10.3 Å². The molecule has 84 valence electrons. The summed E-state index contributed by atoms with van der Waals surface area (Å²) in [5, 5.41) is 12.3. The van der Waals surface area contributed by atoms with Crippen LogP contribution in [-0.4, -0.2) is 24.2 Å². The van der Waals surface area contributed by atoms with E-state index in [0.717, 1.165) is 13.0 Å². The number of nitriles is 1. The number of piperidine rings is 1. The molecule has 0 unspecified atom stereocenters. The van der Waals surface area contributed by atoms with Crippen LogP contribution in [-0.2, 0) is 0 Å². The van der Waals surface area contributed by atoms with E-state index in [1.807, 2.05) is 0 Å². The first-order chi connectivity index (χ1) is 7.90. The highest BCUT2D eigenvalue weighted by Gasteiger charge is 2.14. The predicted octanol–water partition coefficient (Wildman–Crippen LogP) is 1.47. The molecule has 0 radical (unpaired) electrons. The van der Waals surface area contributed by atoms with Crippen molar-refractivity contribution in [2.45, 2.75) is 25.3 Å². The van der Waals surface area contributed by atoms with Gasteiger partial charge in [-0.2, -0.15) is 5.26 Å². The molecule has 2 heterocycles. The van der Waals surface area contributed by atoms with Crippen LogP contribution in [0.2, 0.25) is 0 Å². The maximum Gasteiger partial charge on any atom is 0.231 e. The Bertz CT molecular complexity index is 380. The van der Waals surface area contributed by atoms with Crippen LogP contribution in [0, 0.1) is 11.3 Å². The van der Waals surface area contributed by atoms with E-state index in [0.29, 0.717) is 24.1 Å². The lowest BCUT2D eigenvalue weighted by Crippen LogP contribution is -2.38. The molecule has 1 N–H and O–H groups in total. The Hall–Kier alpha value is -1.60. The van der Waals surface area contributed by atoms with Gasteiger partial charge in [-0.1, -0.05) is 6.42 Å². The molecule has 0 amide bonds. The third-order valence-electron chi connectivity index (χ3n) is 2.73. The van der Waals surface area contributed by atoms with Crippen LogP contribution in [0.1, 0.15) is 24.8 Å². The summed E-state index contributed by atoms with van der Waals surface area (Å²) < 4.78 is 5.57. The normalized spacial score (nSPS) is 20.1. The summed E-state index contributed by atoms with van der Waals surface area (Å²) >= 11 is 0. The average Bonchev–Trinajstić information content (AvgIpc) is 2.38. The lowest BCUT2D eigenvalue weighted by molar-refractivity contribution is 0.231. The first-order valence-electron chi connectivity index (χ1n) is 5.61. The summed E-state index contributed by atoms with van der Waals surface area (Å²) in [4.78, 5) is 4.06. The lowest BCUT2D eigenvalue weighted by Gasteiger charge is -2.23. The second-order valence-electron chi connectivity index (χ2n) is 3.93. The first kappa shape index (κ1) is 10.9. The van der Waals surface area contributed by atoms with E-state index in [1.165, 1.54) is 12.8 Å². The molecule has 1 atom stereocenters. The summed E-state index contributed by atoms with van der Waals surface area (Å²) in [6, 6.07) is 5.93. The fourth-order valence-corrected chi connectivity index (χ4v) is 1.84. The van der Waals surface area contributed by atoms with Crippen molar-refractivity contribution >= 4 is 0 Å². The molecule has 2 rings (SSSR count). The van der Waals surface area contributed by atoms with Crippen LogP contribution in [0.5, 0.6) is 5.88 Å². The van der Waals surface area contributed by atoms with E-state index in [1.54, 1.807) is 18.3 Å². The standard InChI is InChI=1S/C12H15N3O/c13-8-10-4-3-7-15-12(10)16-9-11-5-1-2-6-14-11/h3-4,7,11,14H,1-2,5-6,9H2/t11-/m0/s1. The fourth-order valence-electron chi connectivity index (χ4n) is 1.84. The molecule has 0 bridgehead atoms. The monoisotopic (exact) mass is 217 g/mol. The highest BCUT2D eigenvalue weighted by atomic mass is 16.5. The van der Waals surface area contributed by atoms with Gasteiger partial charge in [0.1, 0.15) is 18.2 Å². The summed E-state index contributed by atoms with van der Waals surface area (Å²) in [6.45, 7) is 1.65. The van der Waals surface area contributed by atoms with Gasteiger partial charge in [-0.05, 0) is 31.5 Å². The minimum atomic E-state index is 0.391. The minimum Gasteiger partial charge on any atom is -0.475 e. The fraction of sp³-hybridized carbons (Fsp3) is 0.500. The number of ether oxygens (including phenoxy) is 1. The molecule has 1 aliphatic heterocycles. The van der Waals surface area contributed by atoms with Gasteiger partial charge in [-0.15, -0.1) is 0 Å². The zero-order chi connectivity index (χ0) is 11.2. The van der Waals surface area contributed by atoms with E-state index >= 15 is 0 Å². The molecule has 0 saturated carbocycles. The topological polar surface area (TPSA) is 57.9 Å². The Morgan fingerprint density at radius 3 is 3.25 bits per heavy atom. The minimum absolute atomic E-state index is 0.391. The van der Waals surface area contributed by atoms with Gasteiger partial charge >= 0.3 is 0 Å². The molecule has 4 nitrogen and oxygen atoms in total.